The first-order chi connectivity index (χ1) is 12.8. The van der Waals surface area contributed by atoms with E-state index in [4.69, 9.17) is 4.74 Å². The molecule has 0 unspecified atom stereocenters. The van der Waals surface area contributed by atoms with E-state index < -0.39 is 0 Å². The zero-order valence-corrected chi connectivity index (χ0v) is 16.4. The van der Waals surface area contributed by atoms with Crippen molar-refractivity contribution in [3.63, 3.8) is 0 Å². The van der Waals surface area contributed by atoms with Crippen molar-refractivity contribution >= 4 is 17.3 Å². The van der Waals surface area contributed by atoms with Crippen LogP contribution < -0.4 is 15.4 Å². The molecule has 0 aliphatic rings. The number of hydrogen-bond acceptors (Lipinski definition) is 4. The molecule has 2 aromatic rings. The number of benzene rings is 1. The lowest BCUT2D eigenvalue weighted by molar-refractivity contribution is 0.359. The largest absolute Gasteiger partial charge is 0.489 e. The molecule has 0 aliphatic carbocycles. The van der Waals surface area contributed by atoms with Gasteiger partial charge in [0.1, 0.15) is 12.4 Å². The third-order valence-electron chi connectivity index (χ3n) is 3.66. The van der Waals surface area contributed by atoms with Gasteiger partial charge in [-0.25, -0.2) is 9.98 Å². The standard InChI is InChI=1S/C20H28N4OS/c1-4-13-25-18-10-8-7-9-16(18)14-24-20(21-6-3)22-12-11-19-23-15-17(5-2)26-19/h4,7-10,15H,1,5-6,11-14H2,2-3H3,(H2,21,22,24). The van der Waals surface area contributed by atoms with Gasteiger partial charge in [0, 0.05) is 36.1 Å². The van der Waals surface area contributed by atoms with Crippen LogP contribution in [-0.2, 0) is 19.4 Å². The lowest BCUT2D eigenvalue weighted by atomic mass is 10.2. The second kappa shape index (κ2) is 11.3. The van der Waals surface area contributed by atoms with Crippen molar-refractivity contribution in [2.45, 2.75) is 33.2 Å². The Labute approximate surface area is 160 Å². The number of nitrogens with one attached hydrogen (secondary N) is 2. The fourth-order valence-corrected chi connectivity index (χ4v) is 3.21. The first kappa shape index (κ1) is 20.0. The number of aliphatic imine (C=N–C) groups is 1. The summed E-state index contributed by atoms with van der Waals surface area (Å²) in [5.74, 6) is 1.65. The Hall–Kier alpha value is -2.34. The number of rotatable bonds is 10. The van der Waals surface area contributed by atoms with Crippen molar-refractivity contribution in [3.8, 4) is 5.75 Å². The highest BCUT2D eigenvalue weighted by molar-refractivity contribution is 7.11. The number of thiazole rings is 1. The van der Waals surface area contributed by atoms with Crippen LogP contribution in [0.4, 0.5) is 0 Å². The van der Waals surface area contributed by atoms with Gasteiger partial charge in [-0.1, -0.05) is 37.8 Å². The topological polar surface area (TPSA) is 58.5 Å². The highest BCUT2D eigenvalue weighted by Crippen LogP contribution is 2.18. The van der Waals surface area contributed by atoms with Crippen molar-refractivity contribution in [2.24, 2.45) is 4.99 Å². The van der Waals surface area contributed by atoms with Crippen LogP contribution in [0.3, 0.4) is 0 Å². The predicted octanol–water partition coefficient (Wildman–Crippen LogP) is 3.57. The smallest absolute Gasteiger partial charge is 0.191 e. The van der Waals surface area contributed by atoms with E-state index in [1.807, 2.05) is 30.5 Å². The van der Waals surface area contributed by atoms with Gasteiger partial charge in [-0.2, -0.15) is 0 Å². The molecule has 2 rings (SSSR count). The number of hydrogen-bond donors (Lipinski definition) is 2. The number of ether oxygens (including phenoxy) is 1. The molecule has 5 nitrogen and oxygen atoms in total. The number of guanidine groups is 1. The summed E-state index contributed by atoms with van der Waals surface area (Å²) in [4.78, 5) is 10.5. The quantitative estimate of drug-likeness (QED) is 0.380. The molecule has 0 atom stereocenters. The van der Waals surface area contributed by atoms with Gasteiger partial charge in [-0.15, -0.1) is 11.3 Å². The molecule has 140 valence electrons. The first-order valence-electron chi connectivity index (χ1n) is 9.04. The van der Waals surface area contributed by atoms with E-state index in [-0.39, 0.29) is 0 Å². The first-order valence-corrected chi connectivity index (χ1v) is 9.85. The van der Waals surface area contributed by atoms with Crippen molar-refractivity contribution < 1.29 is 4.74 Å². The van der Waals surface area contributed by atoms with E-state index in [0.29, 0.717) is 13.2 Å². The SMILES string of the molecule is C=CCOc1ccccc1CN=C(NCC)NCCc1ncc(CC)s1. The molecule has 0 fully saturated rings. The average Bonchev–Trinajstić information content (AvgIpc) is 3.13. The Kier molecular flexibility index (Phi) is 8.69. The molecule has 0 bridgehead atoms. The summed E-state index contributed by atoms with van der Waals surface area (Å²) in [6, 6.07) is 7.96. The molecule has 1 aromatic heterocycles. The van der Waals surface area contributed by atoms with Gasteiger partial charge in [-0.05, 0) is 19.4 Å². The molecule has 0 saturated heterocycles. The molecule has 6 heteroatoms. The maximum Gasteiger partial charge on any atom is 0.191 e. The van der Waals surface area contributed by atoms with Crippen LogP contribution in [0.25, 0.3) is 0 Å². The lowest BCUT2D eigenvalue weighted by Gasteiger charge is -2.12. The van der Waals surface area contributed by atoms with E-state index in [0.717, 1.165) is 48.2 Å². The van der Waals surface area contributed by atoms with Gasteiger partial charge in [0.25, 0.3) is 0 Å². The summed E-state index contributed by atoms with van der Waals surface area (Å²) in [5, 5.41) is 7.82. The van der Waals surface area contributed by atoms with Crippen LogP contribution in [-0.4, -0.2) is 30.6 Å². The summed E-state index contributed by atoms with van der Waals surface area (Å²) in [6.45, 7) is 10.6. The van der Waals surface area contributed by atoms with E-state index in [9.17, 15) is 0 Å². The second-order valence-corrected chi connectivity index (χ2v) is 6.85. The number of aryl methyl sites for hydroxylation is 1. The number of nitrogens with zero attached hydrogens (tertiary/aromatic N) is 2. The predicted molar refractivity (Wildman–Crippen MR) is 110 cm³/mol. The molecular weight excluding hydrogens is 344 g/mol. The minimum atomic E-state index is 0.493. The maximum absolute atomic E-state index is 5.70. The van der Waals surface area contributed by atoms with Crippen molar-refractivity contribution in [2.75, 3.05) is 19.7 Å². The van der Waals surface area contributed by atoms with Crippen LogP contribution >= 0.6 is 11.3 Å². The third-order valence-corrected chi connectivity index (χ3v) is 4.86. The maximum atomic E-state index is 5.70. The average molecular weight is 373 g/mol. The third kappa shape index (κ3) is 6.52. The Bertz CT molecular complexity index is 711. The zero-order valence-electron chi connectivity index (χ0n) is 15.6. The van der Waals surface area contributed by atoms with E-state index in [1.165, 1.54) is 4.88 Å². The van der Waals surface area contributed by atoms with Gasteiger partial charge in [0.05, 0.1) is 11.6 Å². The molecule has 1 aromatic carbocycles. The fraction of sp³-hybridized carbons (Fsp3) is 0.400. The number of para-hydroxylation sites is 1. The molecule has 0 spiro atoms. The van der Waals surface area contributed by atoms with Crippen LogP contribution in [0, 0.1) is 0 Å². The van der Waals surface area contributed by atoms with Gasteiger partial charge in [-0.3, -0.25) is 0 Å². The van der Waals surface area contributed by atoms with Gasteiger partial charge >= 0.3 is 0 Å². The highest BCUT2D eigenvalue weighted by Gasteiger charge is 2.04. The van der Waals surface area contributed by atoms with E-state index >= 15 is 0 Å². The van der Waals surface area contributed by atoms with Crippen molar-refractivity contribution in [3.05, 3.63) is 58.6 Å². The molecule has 0 amide bonds. The van der Waals surface area contributed by atoms with E-state index in [2.05, 4.69) is 41.0 Å². The summed E-state index contributed by atoms with van der Waals surface area (Å²) in [6.07, 6.45) is 5.66. The Morgan fingerprint density at radius 2 is 2.15 bits per heavy atom. The van der Waals surface area contributed by atoms with Gasteiger partial charge in [0.15, 0.2) is 5.96 Å². The van der Waals surface area contributed by atoms with Gasteiger partial charge < -0.3 is 15.4 Å². The summed E-state index contributed by atoms with van der Waals surface area (Å²) in [5.41, 5.74) is 1.05. The van der Waals surface area contributed by atoms with Crippen LogP contribution in [0.15, 0.2) is 48.1 Å². The molecule has 0 saturated carbocycles. The fourth-order valence-electron chi connectivity index (χ4n) is 2.34. The Morgan fingerprint density at radius 1 is 1.31 bits per heavy atom. The van der Waals surface area contributed by atoms with Crippen LogP contribution in [0.5, 0.6) is 5.75 Å². The molecule has 2 N–H and O–H groups in total. The molecular formula is C20H28N4OS. The lowest BCUT2D eigenvalue weighted by Crippen LogP contribution is -2.38. The van der Waals surface area contributed by atoms with E-state index in [1.54, 1.807) is 17.4 Å². The molecule has 0 radical (unpaired) electrons. The molecule has 26 heavy (non-hydrogen) atoms. The minimum absolute atomic E-state index is 0.493. The molecule has 1 heterocycles. The van der Waals surface area contributed by atoms with Crippen LogP contribution in [0.1, 0.15) is 29.3 Å². The molecule has 0 aliphatic heterocycles. The number of aromatic nitrogens is 1. The Balaban J connectivity index is 1.92. The Morgan fingerprint density at radius 3 is 2.88 bits per heavy atom. The second-order valence-electron chi connectivity index (χ2n) is 5.65. The van der Waals surface area contributed by atoms with Crippen molar-refractivity contribution in [1.82, 2.24) is 15.6 Å². The summed E-state index contributed by atoms with van der Waals surface area (Å²) < 4.78 is 5.70. The minimum Gasteiger partial charge on any atom is -0.489 e. The normalized spacial score (nSPS) is 11.2. The highest BCUT2D eigenvalue weighted by atomic mass is 32.1. The van der Waals surface area contributed by atoms with Crippen LogP contribution in [0.2, 0.25) is 0 Å². The monoisotopic (exact) mass is 372 g/mol. The summed E-state index contributed by atoms with van der Waals surface area (Å²) >= 11 is 1.78. The summed E-state index contributed by atoms with van der Waals surface area (Å²) in [7, 11) is 0. The van der Waals surface area contributed by atoms with Crippen molar-refractivity contribution in [1.29, 1.82) is 0 Å². The van der Waals surface area contributed by atoms with Gasteiger partial charge in [0.2, 0.25) is 0 Å². The zero-order chi connectivity index (χ0) is 18.6.